The highest BCUT2D eigenvalue weighted by Crippen LogP contribution is 1.91. The molecule has 0 aromatic carbocycles. The number of methoxy groups -OCH3 is 2. The molecule has 0 aromatic heterocycles. The van der Waals surface area contributed by atoms with Crippen molar-refractivity contribution in [3.05, 3.63) is 0 Å². The van der Waals surface area contributed by atoms with Crippen molar-refractivity contribution in [1.82, 2.24) is 10.2 Å². The molecule has 86 valence electrons. The maximum Gasteiger partial charge on any atom is 0.169 e. The molecular weight excluding hydrogens is 180 g/mol. The lowest BCUT2D eigenvalue weighted by atomic mass is 10.3. The Balaban J connectivity index is 3.12. The molecule has 0 saturated carbocycles. The van der Waals surface area contributed by atoms with Crippen LogP contribution in [0.1, 0.15) is 12.8 Å². The summed E-state index contributed by atoms with van der Waals surface area (Å²) in [6.45, 7) is 2.94. The van der Waals surface area contributed by atoms with Crippen LogP contribution in [-0.4, -0.2) is 59.1 Å². The smallest absolute Gasteiger partial charge is 0.169 e. The minimum absolute atomic E-state index is 0.121. The number of nitrogens with one attached hydrogen (secondary N) is 1. The third-order valence-corrected chi connectivity index (χ3v) is 2.05. The van der Waals surface area contributed by atoms with E-state index in [0.717, 1.165) is 19.6 Å². The molecule has 0 aliphatic carbocycles. The molecule has 4 heteroatoms. The zero-order valence-corrected chi connectivity index (χ0v) is 9.88. The number of rotatable bonds is 9. The fraction of sp³-hybridized carbons (Fsp3) is 1.00. The minimum atomic E-state index is -0.121. The summed E-state index contributed by atoms with van der Waals surface area (Å²) >= 11 is 0. The molecule has 0 radical (unpaired) electrons. The molecular formula is C10H24N2O2. The van der Waals surface area contributed by atoms with Gasteiger partial charge < -0.3 is 19.7 Å². The second-order valence-corrected chi connectivity index (χ2v) is 3.62. The normalized spacial score (nSPS) is 11.6. The van der Waals surface area contributed by atoms with Gasteiger partial charge in [0, 0.05) is 20.8 Å². The van der Waals surface area contributed by atoms with Gasteiger partial charge in [-0.2, -0.15) is 0 Å². The fourth-order valence-electron chi connectivity index (χ4n) is 1.16. The average Bonchev–Trinajstić information content (AvgIpc) is 2.16. The molecule has 0 fully saturated rings. The van der Waals surface area contributed by atoms with Crippen LogP contribution in [-0.2, 0) is 9.47 Å². The number of unbranched alkanes of at least 4 members (excludes halogenated alkanes) is 1. The van der Waals surface area contributed by atoms with Gasteiger partial charge in [0.05, 0.1) is 0 Å². The first-order valence-corrected chi connectivity index (χ1v) is 5.11. The Morgan fingerprint density at radius 2 is 1.79 bits per heavy atom. The molecule has 14 heavy (non-hydrogen) atoms. The van der Waals surface area contributed by atoms with Crippen molar-refractivity contribution in [2.24, 2.45) is 0 Å². The van der Waals surface area contributed by atoms with Crippen molar-refractivity contribution < 1.29 is 9.47 Å². The Hall–Kier alpha value is -0.160. The molecule has 0 unspecified atom stereocenters. The highest BCUT2D eigenvalue weighted by Gasteiger charge is 2.02. The third-order valence-electron chi connectivity index (χ3n) is 2.05. The van der Waals surface area contributed by atoms with Crippen molar-refractivity contribution in [1.29, 1.82) is 0 Å². The lowest BCUT2D eigenvalue weighted by molar-refractivity contribution is -0.0986. The van der Waals surface area contributed by atoms with Crippen LogP contribution >= 0.6 is 0 Å². The average molecular weight is 204 g/mol. The standard InChI is InChI=1S/C10H24N2O2/c1-12(2)8-6-5-7-11-9-10(13-3)14-4/h10-11H,5-9H2,1-4H3. The number of hydrogen-bond donors (Lipinski definition) is 1. The predicted octanol–water partition coefficient (Wildman–Crippen LogP) is 0.537. The lowest BCUT2D eigenvalue weighted by Crippen LogP contribution is -2.30. The van der Waals surface area contributed by atoms with E-state index in [2.05, 4.69) is 24.3 Å². The molecule has 0 bridgehead atoms. The number of ether oxygens (including phenoxy) is 2. The van der Waals surface area contributed by atoms with Crippen molar-refractivity contribution in [2.75, 3.05) is 47.9 Å². The van der Waals surface area contributed by atoms with Gasteiger partial charge in [-0.3, -0.25) is 0 Å². The van der Waals surface area contributed by atoms with E-state index in [1.54, 1.807) is 14.2 Å². The van der Waals surface area contributed by atoms with Crippen LogP contribution in [0.3, 0.4) is 0 Å². The zero-order chi connectivity index (χ0) is 10.8. The molecule has 0 saturated heterocycles. The van der Waals surface area contributed by atoms with Crippen LogP contribution < -0.4 is 5.32 Å². The van der Waals surface area contributed by atoms with Crippen LogP contribution in [0.25, 0.3) is 0 Å². The summed E-state index contributed by atoms with van der Waals surface area (Å²) in [5, 5.41) is 3.29. The van der Waals surface area contributed by atoms with Crippen LogP contribution in [0.4, 0.5) is 0 Å². The van der Waals surface area contributed by atoms with E-state index in [-0.39, 0.29) is 6.29 Å². The first kappa shape index (κ1) is 13.8. The Morgan fingerprint density at radius 1 is 1.14 bits per heavy atom. The maximum absolute atomic E-state index is 5.05. The predicted molar refractivity (Wildman–Crippen MR) is 58.5 cm³/mol. The minimum Gasteiger partial charge on any atom is -0.355 e. The monoisotopic (exact) mass is 204 g/mol. The van der Waals surface area contributed by atoms with Crippen molar-refractivity contribution in [3.8, 4) is 0 Å². The van der Waals surface area contributed by atoms with Crippen LogP contribution in [0, 0.1) is 0 Å². The molecule has 1 N–H and O–H groups in total. The van der Waals surface area contributed by atoms with Crippen LogP contribution in [0.15, 0.2) is 0 Å². The van der Waals surface area contributed by atoms with Gasteiger partial charge in [-0.1, -0.05) is 0 Å². The third kappa shape index (κ3) is 8.44. The Bertz CT molecular complexity index is 117. The number of hydrogen-bond acceptors (Lipinski definition) is 4. The van der Waals surface area contributed by atoms with E-state index in [9.17, 15) is 0 Å². The highest BCUT2D eigenvalue weighted by molar-refractivity contribution is 4.52. The molecule has 0 atom stereocenters. The molecule has 0 rings (SSSR count). The number of nitrogens with zero attached hydrogens (tertiary/aromatic N) is 1. The van der Waals surface area contributed by atoms with Gasteiger partial charge in [0.1, 0.15) is 0 Å². The molecule has 0 aliphatic rings. The van der Waals surface area contributed by atoms with E-state index in [1.807, 2.05) is 0 Å². The van der Waals surface area contributed by atoms with Gasteiger partial charge in [0.15, 0.2) is 6.29 Å². The van der Waals surface area contributed by atoms with Crippen LogP contribution in [0.5, 0.6) is 0 Å². The quantitative estimate of drug-likeness (QED) is 0.439. The van der Waals surface area contributed by atoms with Gasteiger partial charge >= 0.3 is 0 Å². The first-order valence-electron chi connectivity index (χ1n) is 5.11. The van der Waals surface area contributed by atoms with E-state index in [4.69, 9.17) is 9.47 Å². The molecule has 0 amide bonds. The van der Waals surface area contributed by atoms with Crippen molar-refractivity contribution in [2.45, 2.75) is 19.1 Å². The molecule has 0 heterocycles. The van der Waals surface area contributed by atoms with Crippen molar-refractivity contribution in [3.63, 3.8) is 0 Å². The molecule has 4 nitrogen and oxygen atoms in total. The van der Waals surface area contributed by atoms with Gasteiger partial charge in [0.2, 0.25) is 0 Å². The van der Waals surface area contributed by atoms with Crippen molar-refractivity contribution >= 4 is 0 Å². The van der Waals surface area contributed by atoms with Gasteiger partial charge in [-0.15, -0.1) is 0 Å². The molecule has 0 aliphatic heterocycles. The topological polar surface area (TPSA) is 33.7 Å². The van der Waals surface area contributed by atoms with E-state index in [0.29, 0.717) is 0 Å². The zero-order valence-electron chi connectivity index (χ0n) is 9.88. The SMILES string of the molecule is COC(CNCCCCN(C)C)OC. The second-order valence-electron chi connectivity index (χ2n) is 3.62. The largest absolute Gasteiger partial charge is 0.355 e. The van der Waals surface area contributed by atoms with E-state index < -0.39 is 0 Å². The summed E-state index contributed by atoms with van der Waals surface area (Å²) in [5.74, 6) is 0. The maximum atomic E-state index is 5.05. The summed E-state index contributed by atoms with van der Waals surface area (Å²) in [6, 6.07) is 0. The Morgan fingerprint density at radius 3 is 2.29 bits per heavy atom. The summed E-state index contributed by atoms with van der Waals surface area (Å²) in [7, 11) is 7.50. The summed E-state index contributed by atoms with van der Waals surface area (Å²) in [6.07, 6.45) is 2.30. The first-order chi connectivity index (χ1) is 6.70. The van der Waals surface area contributed by atoms with Crippen LogP contribution in [0.2, 0.25) is 0 Å². The summed E-state index contributed by atoms with van der Waals surface area (Å²) in [4.78, 5) is 2.20. The highest BCUT2D eigenvalue weighted by atomic mass is 16.7. The lowest BCUT2D eigenvalue weighted by Gasteiger charge is -2.14. The molecule has 0 spiro atoms. The van der Waals surface area contributed by atoms with Gasteiger partial charge in [0.25, 0.3) is 0 Å². The molecule has 0 aromatic rings. The summed E-state index contributed by atoms with van der Waals surface area (Å²) in [5.41, 5.74) is 0. The van der Waals surface area contributed by atoms with E-state index >= 15 is 0 Å². The van der Waals surface area contributed by atoms with Gasteiger partial charge in [-0.05, 0) is 40.0 Å². The van der Waals surface area contributed by atoms with E-state index in [1.165, 1.54) is 12.8 Å². The summed E-state index contributed by atoms with van der Waals surface area (Å²) < 4.78 is 10.1. The fourth-order valence-corrected chi connectivity index (χ4v) is 1.16. The Kier molecular flexibility index (Phi) is 9.29. The second kappa shape index (κ2) is 9.40. The Labute approximate surface area is 87.6 Å². The van der Waals surface area contributed by atoms with Gasteiger partial charge in [-0.25, -0.2) is 0 Å².